The number of cyclic esters (lactones) is 1. The van der Waals surface area contributed by atoms with E-state index in [1.165, 1.54) is 0 Å². The SMILES string of the molecule is O=C1OCCN1C[C@@H]1Cc2ccccc2N(S(=O)(=O)C(=O)OCc2ccccc2)C1. The summed E-state index contributed by atoms with van der Waals surface area (Å²) in [6.45, 7) is 1.12. The van der Waals surface area contributed by atoms with Crippen LogP contribution in [-0.2, 0) is 32.5 Å². The highest BCUT2D eigenvalue weighted by Crippen LogP contribution is 2.33. The minimum absolute atomic E-state index is 0.0869. The first kappa shape index (κ1) is 20.2. The zero-order valence-electron chi connectivity index (χ0n) is 16.3. The summed E-state index contributed by atoms with van der Waals surface area (Å²) in [5.41, 5.74) is 1.97. The molecule has 0 N–H and O–H groups in total. The number of sulfonamides is 1. The topological polar surface area (TPSA) is 93.2 Å². The van der Waals surface area contributed by atoms with Gasteiger partial charge in [-0.2, -0.15) is 8.42 Å². The molecule has 30 heavy (non-hydrogen) atoms. The van der Waals surface area contributed by atoms with Gasteiger partial charge in [0.2, 0.25) is 0 Å². The van der Waals surface area contributed by atoms with Crippen molar-refractivity contribution in [3.8, 4) is 0 Å². The lowest BCUT2D eigenvalue weighted by Crippen LogP contribution is -2.46. The number of hydrogen-bond donors (Lipinski definition) is 0. The van der Waals surface area contributed by atoms with E-state index in [0.717, 1.165) is 9.87 Å². The Labute approximate surface area is 175 Å². The molecule has 1 atom stereocenters. The molecule has 1 amide bonds. The molecule has 1 saturated heterocycles. The second kappa shape index (κ2) is 8.35. The lowest BCUT2D eigenvalue weighted by atomic mass is 9.93. The first-order valence-corrected chi connectivity index (χ1v) is 11.1. The summed E-state index contributed by atoms with van der Waals surface area (Å²) in [5, 5.41) is -1.29. The van der Waals surface area contributed by atoms with Gasteiger partial charge in [0.05, 0.1) is 12.2 Å². The third-order valence-corrected chi connectivity index (χ3v) is 6.68. The van der Waals surface area contributed by atoms with E-state index in [2.05, 4.69) is 0 Å². The van der Waals surface area contributed by atoms with Crippen molar-refractivity contribution in [3.63, 3.8) is 0 Å². The van der Waals surface area contributed by atoms with Crippen LogP contribution in [-0.4, -0.2) is 51.0 Å². The van der Waals surface area contributed by atoms with E-state index in [0.29, 0.717) is 37.4 Å². The van der Waals surface area contributed by atoms with Gasteiger partial charge in [0.25, 0.3) is 0 Å². The Morgan fingerprint density at radius 2 is 1.83 bits per heavy atom. The fourth-order valence-electron chi connectivity index (χ4n) is 3.77. The van der Waals surface area contributed by atoms with E-state index in [1.807, 2.05) is 18.2 Å². The number of anilines is 1. The maximum absolute atomic E-state index is 13.1. The van der Waals surface area contributed by atoms with E-state index in [-0.39, 0.29) is 19.1 Å². The molecule has 0 bridgehead atoms. The molecule has 0 spiro atoms. The van der Waals surface area contributed by atoms with Crippen LogP contribution < -0.4 is 4.31 Å². The van der Waals surface area contributed by atoms with Crippen LogP contribution in [0, 0.1) is 5.92 Å². The van der Waals surface area contributed by atoms with E-state index >= 15 is 0 Å². The molecule has 2 aromatic rings. The number of para-hydroxylation sites is 1. The fourth-order valence-corrected chi connectivity index (χ4v) is 5.00. The van der Waals surface area contributed by atoms with Gasteiger partial charge in [-0.05, 0) is 29.5 Å². The van der Waals surface area contributed by atoms with E-state index in [1.54, 1.807) is 41.3 Å². The molecule has 2 aliphatic heterocycles. The summed E-state index contributed by atoms with van der Waals surface area (Å²) >= 11 is 0. The van der Waals surface area contributed by atoms with Crippen LogP contribution in [0.25, 0.3) is 0 Å². The normalized spacial score (nSPS) is 18.7. The third-order valence-electron chi connectivity index (χ3n) is 5.22. The Kier molecular flexibility index (Phi) is 5.63. The van der Waals surface area contributed by atoms with Gasteiger partial charge in [0, 0.05) is 13.1 Å². The Balaban J connectivity index is 1.53. The summed E-state index contributed by atoms with van der Waals surface area (Å²) in [5.74, 6) is -0.165. The maximum atomic E-state index is 13.1. The zero-order chi connectivity index (χ0) is 21.1. The van der Waals surface area contributed by atoms with Gasteiger partial charge in [-0.3, -0.25) is 4.31 Å². The van der Waals surface area contributed by atoms with Crippen LogP contribution >= 0.6 is 0 Å². The van der Waals surface area contributed by atoms with Gasteiger partial charge < -0.3 is 14.4 Å². The van der Waals surface area contributed by atoms with Crippen LogP contribution in [0.15, 0.2) is 54.6 Å². The molecule has 4 rings (SSSR count). The lowest BCUT2D eigenvalue weighted by molar-refractivity contribution is 0.154. The Morgan fingerprint density at radius 1 is 1.10 bits per heavy atom. The summed E-state index contributed by atoms with van der Waals surface area (Å²) in [6.07, 6.45) is 0.205. The minimum atomic E-state index is -4.39. The van der Waals surface area contributed by atoms with Gasteiger partial charge in [-0.1, -0.05) is 48.5 Å². The first-order valence-electron chi connectivity index (χ1n) is 9.68. The van der Waals surface area contributed by atoms with Gasteiger partial charge in [-0.15, -0.1) is 0 Å². The number of nitrogens with zero attached hydrogens (tertiary/aromatic N) is 2. The predicted octanol–water partition coefficient (Wildman–Crippen LogP) is 2.78. The van der Waals surface area contributed by atoms with Crippen LogP contribution in [0.1, 0.15) is 11.1 Å². The average Bonchev–Trinajstić information content (AvgIpc) is 3.16. The van der Waals surface area contributed by atoms with Gasteiger partial charge in [0.1, 0.15) is 13.2 Å². The Morgan fingerprint density at radius 3 is 2.57 bits per heavy atom. The van der Waals surface area contributed by atoms with Crippen molar-refractivity contribution in [3.05, 3.63) is 65.7 Å². The lowest BCUT2D eigenvalue weighted by Gasteiger charge is -2.35. The largest absolute Gasteiger partial charge is 0.448 e. The van der Waals surface area contributed by atoms with Crippen LogP contribution in [0.4, 0.5) is 15.3 Å². The summed E-state index contributed by atoms with van der Waals surface area (Å²) in [7, 11) is -4.39. The first-order chi connectivity index (χ1) is 14.4. The molecule has 0 radical (unpaired) electrons. The molecule has 2 heterocycles. The second-order valence-corrected chi connectivity index (χ2v) is 9.04. The van der Waals surface area contributed by atoms with Crippen LogP contribution in [0.2, 0.25) is 0 Å². The minimum Gasteiger partial charge on any atom is -0.448 e. The molecule has 0 aromatic heterocycles. The molecule has 8 nitrogen and oxygen atoms in total. The molecule has 1 fully saturated rings. The Bertz CT molecular complexity index is 1040. The second-order valence-electron chi connectivity index (χ2n) is 7.32. The van der Waals surface area contributed by atoms with Gasteiger partial charge in [-0.25, -0.2) is 9.59 Å². The number of carbonyl (C=O) groups is 2. The van der Waals surface area contributed by atoms with Crippen molar-refractivity contribution in [2.45, 2.75) is 13.0 Å². The van der Waals surface area contributed by atoms with E-state index < -0.39 is 21.4 Å². The van der Waals surface area contributed by atoms with Crippen molar-refractivity contribution in [2.24, 2.45) is 5.92 Å². The van der Waals surface area contributed by atoms with E-state index in [4.69, 9.17) is 9.47 Å². The third kappa shape index (κ3) is 4.11. The smallest absolute Gasteiger partial charge is 0.445 e. The van der Waals surface area contributed by atoms with Crippen molar-refractivity contribution in [2.75, 3.05) is 30.5 Å². The predicted molar refractivity (Wildman–Crippen MR) is 109 cm³/mol. The molecule has 2 aromatic carbocycles. The maximum Gasteiger partial charge on any atom is 0.445 e. The molecule has 0 saturated carbocycles. The van der Waals surface area contributed by atoms with Crippen LogP contribution in [0.3, 0.4) is 0 Å². The number of hydrogen-bond acceptors (Lipinski definition) is 6. The highest BCUT2D eigenvalue weighted by Gasteiger charge is 2.39. The summed E-state index contributed by atoms with van der Waals surface area (Å²) < 4.78 is 37.3. The van der Waals surface area contributed by atoms with E-state index in [9.17, 15) is 18.0 Å². The van der Waals surface area contributed by atoms with Crippen LogP contribution in [0.5, 0.6) is 0 Å². The number of ether oxygens (including phenoxy) is 2. The molecule has 158 valence electrons. The standard InChI is InChI=1S/C21H22N2O6S/c24-20-22(10-11-28-20)13-17-12-18-8-4-5-9-19(18)23(14-17)30(26,27)21(25)29-15-16-6-2-1-3-7-16/h1-9,17H,10-15H2/t17-/m0/s1. The monoisotopic (exact) mass is 430 g/mol. The highest BCUT2D eigenvalue weighted by molar-refractivity contribution is 8.06. The van der Waals surface area contributed by atoms with Crippen molar-refractivity contribution >= 4 is 27.1 Å². The molecule has 9 heteroatoms. The van der Waals surface area contributed by atoms with Crippen molar-refractivity contribution in [1.29, 1.82) is 0 Å². The van der Waals surface area contributed by atoms with Gasteiger partial charge >= 0.3 is 21.4 Å². The molecule has 2 aliphatic rings. The summed E-state index contributed by atoms with van der Waals surface area (Å²) in [4.78, 5) is 25.9. The number of fused-ring (bicyclic) bond motifs is 1. The Hall–Kier alpha value is -3.07. The molecule has 0 aliphatic carbocycles. The zero-order valence-corrected chi connectivity index (χ0v) is 17.1. The number of amides is 1. The molecule has 0 unspecified atom stereocenters. The molecular formula is C21H22N2O6S. The number of carbonyl (C=O) groups excluding carboxylic acids is 2. The number of benzene rings is 2. The number of rotatable bonds is 5. The quantitative estimate of drug-likeness (QED) is 0.677. The van der Waals surface area contributed by atoms with Crippen molar-refractivity contribution in [1.82, 2.24) is 4.90 Å². The average molecular weight is 430 g/mol. The molecular weight excluding hydrogens is 408 g/mol. The van der Waals surface area contributed by atoms with Gasteiger partial charge in [0.15, 0.2) is 0 Å². The fraction of sp³-hybridized carbons (Fsp3) is 0.333. The highest BCUT2D eigenvalue weighted by atomic mass is 32.2. The van der Waals surface area contributed by atoms with Crippen molar-refractivity contribution < 1.29 is 27.5 Å². The summed E-state index contributed by atoms with van der Waals surface area (Å²) in [6, 6.07) is 16.0.